The summed E-state index contributed by atoms with van der Waals surface area (Å²) in [7, 11) is 0. The van der Waals surface area contributed by atoms with Crippen LogP contribution in [0.2, 0.25) is 0 Å². The third kappa shape index (κ3) is 4.43. The molecule has 7 heteroatoms. The van der Waals surface area contributed by atoms with Crippen LogP contribution in [-0.4, -0.2) is 31.4 Å². The van der Waals surface area contributed by atoms with E-state index in [0.29, 0.717) is 5.69 Å². The Hall–Kier alpha value is -3.76. The Bertz CT molecular complexity index is 1320. The zero-order valence-electron chi connectivity index (χ0n) is 19.0. The Morgan fingerprint density at radius 1 is 1.15 bits per heavy atom. The van der Waals surface area contributed by atoms with Crippen molar-refractivity contribution in [3.8, 4) is 6.07 Å². The van der Waals surface area contributed by atoms with E-state index in [-0.39, 0.29) is 6.04 Å². The Balaban J connectivity index is 1.41. The maximum Gasteiger partial charge on any atom is 0.140 e. The van der Waals surface area contributed by atoms with Crippen LogP contribution in [0.15, 0.2) is 48.7 Å². The molecule has 3 aromatic heterocycles. The lowest BCUT2D eigenvalue weighted by molar-refractivity contribution is 0.135. The topological polar surface area (TPSA) is 93.5 Å². The van der Waals surface area contributed by atoms with Gasteiger partial charge in [0.1, 0.15) is 23.4 Å². The van der Waals surface area contributed by atoms with E-state index in [9.17, 15) is 0 Å². The van der Waals surface area contributed by atoms with Crippen LogP contribution in [0.3, 0.4) is 0 Å². The molecule has 1 fully saturated rings. The summed E-state index contributed by atoms with van der Waals surface area (Å²) in [5.74, 6) is 1.49. The number of nitrogens with one attached hydrogen (secondary N) is 2. The molecule has 1 atom stereocenters. The van der Waals surface area contributed by atoms with E-state index >= 15 is 0 Å². The molecule has 0 spiro atoms. The number of fused-ring (bicyclic) bond motifs is 1. The Kier molecular flexibility index (Phi) is 5.76. The second-order valence-electron chi connectivity index (χ2n) is 8.65. The monoisotopic (exact) mass is 437 g/mol. The van der Waals surface area contributed by atoms with Gasteiger partial charge in [-0.1, -0.05) is 24.6 Å². The van der Waals surface area contributed by atoms with Crippen molar-refractivity contribution in [1.29, 1.82) is 5.26 Å². The number of aromatic nitrogens is 4. The first kappa shape index (κ1) is 21.1. The van der Waals surface area contributed by atoms with E-state index in [0.717, 1.165) is 42.5 Å². The number of H-pyrrole nitrogens is 1. The van der Waals surface area contributed by atoms with Gasteiger partial charge in [0.05, 0.1) is 23.6 Å². The summed E-state index contributed by atoms with van der Waals surface area (Å²) in [6.07, 6.45) is 5.12. The highest BCUT2D eigenvalue weighted by Crippen LogP contribution is 2.33. The number of pyridine rings is 1. The standard InChI is InChI=1S/C26H27N7/c1-17-21-7-3-4-8-22(21)32-24(17)16-33-12-6-5-9-25(33)23-13-26(30-18(2)29-23)31-20-11-10-19(14-27)28-15-20/h3-4,7-8,10-11,13,15,25,32H,5-6,9,12,16H2,1-2H3,(H,29,30,31)/t25-/m1/s1. The molecule has 2 N–H and O–H groups in total. The van der Waals surface area contributed by atoms with Gasteiger partial charge < -0.3 is 10.3 Å². The number of aromatic amines is 1. The zero-order valence-corrected chi connectivity index (χ0v) is 19.0. The molecule has 1 aliphatic rings. The molecule has 5 rings (SSSR count). The fourth-order valence-electron chi connectivity index (χ4n) is 4.72. The minimum absolute atomic E-state index is 0.242. The van der Waals surface area contributed by atoms with Crippen molar-refractivity contribution >= 4 is 22.4 Å². The molecule has 1 saturated heterocycles. The first-order valence-corrected chi connectivity index (χ1v) is 11.4. The number of para-hydroxylation sites is 1. The molecule has 0 amide bonds. The van der Waals surface area contributed by atoms with Crippen LogP contribution in [-0.2, 0) is 6.54 Å². The van der Waals surface area contributed by atoms with Gasteiger partial charge in [-0.25, -0.2) is 15.0 Å². The maximum absolute atomic E-state index is 8.96. The lowest BCUT2D eigenvalue weighted by Gasteiger charge is -2.35. The zero-order chi connectivity index (χ0) is 22.8. The summed E-state index contributed by atoms with van der Waals surface area (Å²) in [5, 5.41) is 13.6. The molecule has 7 nitrogen and oxygen atoms in total. The van der Waals surface area contributed by atoms with Crippen molar-refractivity contribution in [3.05, 3.63) is 77.1 Å². The van der Waals surface area contributed by atoms with Gasteiger partial charge >= 0.3 is 0 Å². The van der Waals surface area contributed by atoms with Crippen LogP contribution in [0.5, 0.6) is 0 Å². The van der Waals surface area contributed by atoms with Crippen LogP contribution in [0.4, 0.5) is 11.5 Å². The van der Waals surface area contributed by atoms with Crippen molar-refractivity contribution in [2.45, 2.75) is 45.7 Å². The van der Waals surface area contributed by atoms with E-state index in [4.69, 9.17) is 10.2 Å². The number of aryl methyl sites for hydroxylation is 2. The number of anilines is 2. The predicted octanol–water partition coefficient (Wildman–Crippen LogP) is 5.31. The van der Waals surface area contributed by atoms with E-state index < -0.39 is 0 Å². The second kappa shape index (κ2) is 9.00. The number of piperidine rings is 1. The molecule has 0 radical (unpaired) electrons. The number of nitriles is 1. The van der Waals surface area contributed by atoms with Gasteiger partial charge in [-0.3, -0.25) is 4.90 Å². The SMILES string of the molecule is Cc1nc(Nc2ccc(C#N)nc2)cc([C@H]2CCCCN2Cc2[nH]c3ccccc3c2C)n1. The van der Waals surface area contributed by atoms with Gasteiger partial charge in [-0.15, -0.1) is 0 Å². The molecule has 4 heterocycles. The number of rotatable bonds is 5. The lowest BCUT2D eigenvalue weighted by atomic mass is 9.98. The maximum atomic E-state index is 8.96. The smallest absolute Gasteiger partial charge is 0.140 e. The third-order valence-corrected chi connectivity index (χ3v) is 6.39. The molecule has 0 aliphatic carbocycles. The van der Waals surface area contributed by atoms with Gasteiger partial charge in [0, 0.05) is 29.2 Å². The molecule has 1 aliphatic heterocycles. The van der Waals surface area contributed by atoms with E-state index in [1.165, 1.54) is 35.0 Å². The first-order chi connectivity index (χ1) is 16.1. The average Bonchev–Trinajstić information content (AvgIpc) is 3.15. The fraction of sp³-hybridized carbons (Fsp3) is 0.308. The van der Waals surface area contributed by atoms with Crippen LogP contribution >= 0.6 is 0 Å². The van der Waals surface area contributed by atoms with E-state index in [1.807, 2.05) is 25.1 Å². The molecule has 0 unspecified atom stereocenters. The second-order valence-corrected chi connectivity index (χ2v) is 8.65. The summed E-state index contributed by atoms with van der Waals surface area (Å²) >= 11 is 0. The molecular weight excluding hydrogens is 410 g/mol. The highest BCUT2D eigenvalue weighted by atomic mass is 15.2. The number of benzene rings is 1. The Labute approximate surface area is 193 Å². The van der Waals surface area contributed by atoms with Crippen LogP contribution in [0, 0.1) is 25.2 Å². The van der Waals surface area contributed by atoms with Crippen molar-refractivity contribution in [1.82, 2.24) is 24.8 Å². The van der Waals surface area contributed by atoms with Crippen LogP contribution < -0.4 is 5.32 Å². The van der Waals surface area contributed by atoms with Crippen molar-refractivity contribution in [2.24, 2.45) is 0 Å². The fourth-order valence-corrected chi connectivity index (χ4v) is 4.72. The minimum Gasteiger partial charge on any atom is -0.357 e. The molecule has 33 heavy (non-hydrogen) atoms. The van der Waals surface area contributed by atoms with Gasteiger partial charge in [0.15, 0.2) is 0 Å². The van der Waals surface area contributed by atoms with Gasteiger partial charge in [0.2, 0.25) is 0 Å². The minimum atomic E-state index is 0.242. The van der Waals surface area contributed by atoms with E-state index in [2.05, 4.69) is 56.4 Å². The van der Waals surface area contributed by atoms with E-state index in [1.54, 1.807) is 12.3 Å². The van der Waals surface area contributed by atoms with Gasteiger partial charge in [-0.2, -0.15) is 5.26 Å². The molecule has 1 aromatic carbocycles. The summed E-state index contributed by atoms with van der Waals surface area (Å²) in [6, 6.07) is 16.4. The first-order valence-electron chi connectivity index (χ1n) is 11.4. The molecule has 0 saturated carbocycles. The molecular formula is C26H27N7. The summed E-state index contributed by atoms with van der Waals surface area (Å²) in [4.78, 5) is 19.7. The van der Waals surface area contributed by atoms with Crippen molar-refractivity contribution in [2.75, 3.05) is 11.9 Å². The van der Waals surface area contributed by atoms with Crippen molar-refractivity contribution < 1.29 is 0 Å². The normalized spacial score (nSPS) is 16.6. The molecule has 166 valence electrons. The number of nitrogens with zero attached hydrogens (tertiary/aromatic N) is 5. The summed E-state index contributed by atoms with van der Waals surface area (Å²) < 4.78 is 0. The molecule has 4 aromatic rings. The highest BCUT2D eigenvalue weighted by Gasteiger charge is 2.27. The van der Waals surface area contributed by atoms with Gasteiger partial charge in [0.25, 0.3) is 0 Å². The quantitative estimate of drug-likeness (QED) is 0.439. The largest absolute Gasteiger partial charge is 0.357 e. The third-order valence-electron chi connectivity index (χ3n) is 6.39. The summed E-state index contributed by atoms with van der Waals surface area (Å²) in [5.41, 5.74) is 6.02. The number of hydrogen-bond acceptors (Lipinski definition) is 6. The van der Waals surface area contributed by atoms with Crippen LogP contribution in [0.1, 0.15) is 53.8 Å². The number of likely N-dealkylation sites (tertiary alicyclic amines) is 1. The Morgan fingerprint density at radius 2 is 2.03 bits per heavy atom. The van der Waals surface area contributed by atoms with Crippen molar-refractivity contribution in [3.63, 3.8) is 0 Å². The lowest BCUT2D eigenvalue weighted by Crippen LogP contribution is -2.34. The Morgan fingerprint density at radius 3 is 2.82 bits per heavy atom. The highest BCUT2D eigenvalue weighted by molar-refractivity contribution is 5.84. The predicted molar refractivity (Wildman–Crippen MR) is 129 cm³/mol. The average molecular weight is 438 g/mol. The van der Waals surface area contributed by atoms with Gasteiger partial charge in [-0.05, 0) is 57.0 Å². The molecule has 0 bridgehead atoms. The van der Waals surface area contributed by atoms with Crippen LogP contribution in [0.25, 0.3) is 10.9 Å². The summed E-state index contributed by atoms with van der Waals surface area (Å²) in [6.45, 7) is 6.05. The number of hydrogen-bond donors (Lipinski definition) is 2.